The maximum absolute atomic E-state index is 4.14. The summed E-state index contributed by atoms with van der Waals surface area (Å²) in [5.41, 5.74) is 4.14. The van der Waals surface area contributed by atoms with Crippen LogP contribution in [0.3, 0.4) is 0 Å². The van der Waals surface area contributed by atoms with Crippen molar-refractivity contribution in [1.82, 2.24) is 10.6 Å². The van der Waals surface area contributed by atoms with Crippen LogP contribution in [0.2, 0.25) is 0 Å². The second kappa shape index (κ2) is 8.55. The van der Waals surface area contributed by atoms with Crippen molar-refractivity contribution in [3.05, 3.63) is 23.5 Å². The fourth-order valence-electron chi connectivity index (χ4n) is 8.91. The lowest BCUT2D eigenvalue weighted by Crippen LogP contribution is -2.57. The van der Waals surface area contributed by atoms with Crippen LogP contribution >= 0.6 is 0 Å². The van der Waals surface area contributed by atoms with Gasteiger partial charge in [-0.15, -0.1) is 0 Å². The summed E-state index contributed by atoms with van der Waals surface area (Å²) in [5, 5.41) is 8.28. The van der Waals surface area contributed by atoms with Crippen molar-refractivity contribution in [3.63, 3.8) is 0 Å². The van der Waals surface area contributed by atoms with Crippen LogP contribution in [0.25, 0.3) is 0 Å². The van der Waals surface area contributed by atoms with Crippen molar-refractivity contribution < 1.29 is 0 Å². The molecule has 0 aromatic carbocycles. The van der Waals surface area contributed by atoms with E-state index in [9.17, 15) is 0 Å². The molecule has 2 N–H and O–H groups in total. The van der Waals surface area contributed by atoms with Crippen molar-refractivity contribution in [2.75, 3.05) is 0 Å². The van der Waals surface area contributed by atoms with Crippen molar-refractivity contribution in [3.8, 4) is 0 Å². The monoisotopic (exact) mass is 410 g/mol. The Kier molecular flexibility index (Phi) is 5.97. The Bertz CT molecular complexity index is 594. The summed E-state index contributed by atoms with van der Waals surface area (Å²) >= 11 is 0. The van der Waals surface area contributed by atoms with E-state index in [-0.39, 0.29) is 0 Å². The zero-order valence-corrected chi connectivity index (χ0v) is 19.8. The lowest BCUT2D eigenvalue weighted by Gasteiger charge is -2.64. The Morgan fingerprint density at radius 3 is 1.40 bits per heavy atom. The van der Waals surface area contributed by atoms with Crippen LogP contribution in [0.4, 0.5) is 0 Å². The Labute approximate surface area is 185 Å². The highest BCUT2D eigenvalue weighted by Gasteiger charge is 2.60. The molecule has 0 unspecified atom stereocenters. The molecule has 6 saturated carbocycles. The van der Waals surface area contributed by atoms with E-state index in [1.807, 2.05) is 0 Å². The smallest absolute Gasteiger partial charge is 0.0258 e. The predicted molar refractivity (Wildman–Crippen MR) is 127 cm³/mol. The van der Waals surface area contributed by atoms with Gasteiger partial charge >= 0.3 is 0 Å². The average Bonchev–Trinajstić information content (AvgIpc) is 2.76. The minimum absolute atomic E-state index is 0.429. The summed E-state index contributed by atoms with van der Waals surface area (Å²) in [4.78, 5) is 0. The molecule has 6 aliphatic rings. The van der Waals surface area contributed by atoms with Crippen LogP contribution in [0.1, 0.15) is 117 Å². The molecule has 168 valence electrons. The molecule has 0 spiro atoms. The molecule has 0 saturated heterocycles. The average molecular weight is 411 g/mol. The highest BCUT2D eigenvalue weighted by molar-refractivity contribution is 5.28. The van der Waals surface area contributed by atoms with E-state index in [2.05, 4.69) is 36.6 Å². The summed E-state index contributed by atoms with van der Waals surface area (Å²) in [7, 11) is 0. The maximum Gasteiger partial charge on any atom is 0.0258 e. The van der Waals surface area contributed by atoms with Gasteiger partial charge < -0.3 is 10.6 Å². The van der Waals surface area contributed by atoms with Gasteiger partial charge in [0.1, 0.15) is 0 Å². The molecule has 6 rings (SSSR count). The Morgan fingerprint density at radius 1 is 0.633 bits per heavy atom. The third-order valence-corrected chi connectivity index (χ3v) is 9.71. The van der Waals surface area contributed by atoms with Gasteiger partial charge in [0, 0.05) is 34.3 Å². The number of hydrogen-bond acceptors (Lipinski definition) is 2. The van der Waals surface area contributed by atoms with Crippen molar-refractivity contribution in [1.29, 1.82) is 0 Å². The summed E-state index contributed by atoms with van der Waals surface area (Å²) in [6.07, 6.45) is 27.8. The lowest BCUT2D eigenvalue weighted by molar-refractivity contribution is -0.0807. The Balaban J connectivity index is 1.38. The summed E-state index contributed by atoms with van der Waals surface area (Å²) in [5.74, 6) is 1.88. The molecular weight excluding hydrogens is 364 g/mol. The third kappa shape index (κ3) is 3.86. The molecule has 6 aliphatic carbocycles. The molecule has 0 aromatic rings. The molecule has 0 heterocycles. The molecule has 0 radical (unpaired) electrons. The predicted octanol–water partition coefficient (Wildman–Crippen LogP) is 7.23. The highest BCUT2D eigenvalue weighted by Crippen LogP contribution is 2.68. The van der Waals surface area contributed by atoms with Crippen LogP contribution in [-0.4, -0.2) is 12.1 Å². The van der Waals surface area contributed by atoms with Gasteiger partial charge in [-0.1, -0.05) is 50.7 Å². The quantitative estimate of drug-likeness (QED) is 0.483. The van der Waals surface area contributed by atoms with Gasteiger partial charge in [0.2, 0.25) is 0 Å². The maximum atomic E-state index is 4.14. The fourth-order valence-corrected chi connectivity index (χ4v) is 8.91. The van der Waals surface area contributed by atoms with E-state index in [1.54, 1.807) is 11.4 Å². The second-order valence-electron chi connectivity index (χ2n) is 11.9. The van der Waals surface area contributed by atoms with Crippen LogP contribution in [0.5, 0.6) is 0 Å². The van der Waals surface area contributed by atoms with Crippen molar-refractivity contribution in [2.45, 2.75) is 129 Å². The lowest BCUT2D eigenvalue weighted by atomic mass is 9.42. The van der Waals surface area contributed by atoms with Gasteiger partial charge in [-0.3, -0.25) is 0 Å². The Morgan fingerprint density at radius 2 is 1.03 bits per heavy atom. The third-order valence-electron chi connectivity index (χ3n) is 9.71. The van der Waals surface area contributed by atoms with E-state index in [0.29, 0.717) is 10.8 Å². The zero-order chi connectivity index (χ0) is 20.6. The van der Waals surface area contributed by atoms with Gasteiger partial charge in [-0.05, 0) is 89.9 Å². The van der Waals surface area contributed by atoms with Crippen molar-refractivity contribution >= 4 is 0 Å². The van der Waals surface area contributed by atoms with E-state index in [0.717, 1.165) is 23.9 Å². The van der Waals surface area contributed by atoms with Gasteiger partial charge in [0.25, 0.3) is 0 Å². The molecule has 4 bridgehead atoms. The fraction of sp³-hybridized carbons (Fsp3) is 0.857. The van der Waals surface area contributed by atoms with Gasteiger partial charge in [0.05, 0.1) is 0 Å². The topological polar surface area (TPSA) is 24.1 Å². The van der Waals surface area contributed by atoms with Crippen LogP contribution < -0.4 is 10.6 Å². The summed E-state index contributed by atoms with van der Waals surface area (Å²) in [6, 6.07) is 1.46. The molecule has 0 aromatic heterocycles. The SMILES string of the molecule is CC=C(NC1CCCCC1)C12CC3CC(C1)CC(C(=CC)NC1CCCCC1)(C3)C2. The van der Waals surface area contributed by atoms with Crippen LogP contribution in [-0.2, 0) is 0 Å². The molecule has 0 amide bonds. The second-order valence-corrected chi connectivity index (χ2v) is 11.9. The van der Waals surface area contributed by atoms with E-state index >= 15 is 0 Å². The van der Waals surface area contributed by atoms with E-state index in [4.69, 9.17) is 0 Å². The largest absolute Gasteiger partial charge is 0.385 e. The molecule has 0 aliphatic heterocycles. The minimum Gasteiger partial charge on any atom is -0.385 e. The first kappa shape index (κ1) is 21.0. The number of allylic oxidation sites excluding steroid dienone is 4. The number of rotatable bonds is 6. The molecule has 30 heavy (non-hydrogen) atoms. The zero-order valence-electron chi connectivity index (χ0n) is 19.8. The van der Waals surface area contributed by atoms with E-state index < -0.39 is 0 Å². The van der Waals surface area contributed by atoms with Crippen LogP contribution in [0.15, 0.2) is 23.5 Å². The Hall–Kier alpha value is -0.920. The normalized spacial score (nSPS) is 40.6. The highest BCUT2D eigenvalue weighted by atomic mass is 15.0. The summed E-state index contributed by atoms with van der Waals surface area (Å²) < 4.78 is 0. The standard InChI is InChI=1S/C28H46N2/c1-3-25(29-23-11-7-5-8-12-23)27-16-21-15-22(17-27)19-28(18-21,20-27)26(4-2)30-24-13-9-6-10-14-24/h3-4,21-24,29-30H,5-20H2,1-2H3. The van der Waals surface area contributed by atoms with Crippen LogP contribution in [0, 0.1) is 22.7 Å². The number of hydrogen-bond donors (Lipinski definition) is 2. The first-order chi connectivity index (χ1) is 14.6. The summed E-state index contributed by atoms with van der Waals surface area (Å²) in [6.45, 7) is 4.63. The molecule has 0 atom stereocenters. The molecule has 6 fully saturated rings. The minimum atomic E-state index is 0.429. The van der Waals surface area contributed by atoms with Gasteiger partial charge in [-0.2, -0.15) is 0 Å². The van der Waals surface area contributed by atoms with Gasteiger partial charge in [-0.25, -0.2) is 0 Å². The molecular formula is C28H46N2. The van der Waals surface area contributed by atoms with Crippen molar-refractivity contribution in [2.24, 2.45) is 22.7 Å². The molecule has 2 nitrogen and oxygen atoms in total. The van der Waals surface area contributed by atoms with Gasteiger partial charge in [0.15, 0.2) is 0 Å². The number of nitrogens with one attached hydrogen (secondary N) is 2. The van der Waals surface area contributed by atoms with E-state index in [1.165, 1.54) is 103 Å². The first-order valence-electron chi connectivity index (χ1n) is 13.5. The first-order valence-corrected chi connectivity index (χ1v) is 13.5. The molecule has 2 heteroatoms.